The Morgan fingerprint density at radius 3 is 2.90 bits per heavy atom. The number of imidazole rings is 1. The molecule has 8 heteroatoms. The van der Waals surface area contributed by atoms with Crippen LogP contribution in [0.15, 0.2) is 24.5 Å². The van der Waals surface area contributed by atoms with Gasteiger partial charge in [-0.3, -0.25) is 19.4 Å². The van der Waals surface area contributed by atoms with Crippen molar-refractivity contribution in [2.24, 2.45) is 0 Å². The standard InChI is InChI=1S/C12H10N4O4/c17-9-3-5-16(12(20)14-9)7-2-1-4-15-8(7)6-13-10(15)11(18)19/h1-2,4,6H,3,5H2,(H,18,19)(H,14,17,20). The molecule has 1 aliphatic heterocycles. The van der Waals surface area contributed by atoms with Crippen LogP contribution in [0.1, 0.15) is 17.0 Å². The van der Waals surface area contributed by atoms with Crippen LogP contribution >= 0.6 is 0 Å². The van der Waals surface area contributed by atoms with E-state index in [1.54, 1.807) is 18.3 Å². The first-order valence-electron chi connectivity index (χ1n) is 5.88. The summed E-state index contributed by atoms with van der Waals surface area (Å²) >= 11 is 0. The zero-order valence-corrected chi connectivity index (χ0v) is 10.2. The minimum atomic E-state index is -1.15. The van der Waals surface area contributed by atoms with Gasteiger partial charge in [-0.2, -0.15) is 0 Å². The SMILES string of the molecule is O=C1CCN(c2cccn3c(C(=O)O)ncc23)C(=O)N1. The molecule has 1 saturated heterocycles. The van der Waals surface area contributed by atoms with E-state index in [0.29, 0.717) is 11.2 Å². The number of carboxylic acid groups (broad SMARTS) is 1. The number of anilines is 1. The normalized spacial score (nSPS) is 15.5. The summed E-state index contributed by atoms with van der Waals surface area (Å²) in [5, 5.41) is 11.3. The van der Waals surface area contributed by atoms with Gasteiger partial charge in [0.2, 0.25) is 11.7 Å². The fourth-order valence-corrected chi connectivity index (χ4v) is 2.19. The Balaban J connectivity index is 2.10. The van der Waals surface area contributed by atoms with Crippen LogP contribution in [0.3, 0.4) is 0 Å². The number of aromatic nitrogens is 2. The van der Waals surface area contributed by atoms with Gasteiger partial charge in [0.1, 0.15) is 0 Å². The number of pyridine rings is 1. The van der Waals surface area contributed by atoms with Gasteiger partial charge < -0.3 is 5.11 Å². The van der Waals surface area contributed by atoms with Gasteiger partial charge in [-0.25, -0.2) is 14.6 Å². The number of imide groups is 1. The fourth-order valence-electron chi connectivity index (χ4n) is 2.19. The molecule has 1 aliphatic rings. The lowest BCUT2D eigenvalue weighted by atomic mass is 10.2. The van der Waals surface area contributed by atoms with Gasteiger partial charge in [0.25, 0.3) is 0 Å². The molecule has 0 unspecified atom stereocenters. The molecule has 3 heterocycles. The van der Waals surface area contributed by atoms with Crippen LogP contribution in [0.5, 0.6) is 0 Å². The van der Waals surface area contributed by atoms with Crippen molar-refractivity contribution in [3.63, 3.8) is 0 Å². The van der Waals surface area contributed by atoms with Crippen molar-refractivity contribution in [2.75, 3.05) is 11.4 Å². The topological polar surface area (TPSA) is 104 Å². The number of amides is 3. The molecule has 0 aliphatic carbocycles. The predicted octanol–water partition coefficient (Wildman–Crippen LogP) is 0.479. The number of hydrogen-bond acceptors (Lipinski definition) is 4. The Hall–Kier alpha value is -2.90. The Labute approximate surface area is 112 Å². The van der Waals surface area contributed by atoms with Gasteiger partial charge in [-0.05, 0) is 12.1 Å². The van der Waals surface area contributed by atoms with Crippen LogP contribution in [0.2, 0.25) is 0 Å². The first-order chi connectivity index (χ1) is 9.58. The van der Waals surface area contributed by atoms with Gasteiger partial charge in [-0.15, -0.1) is 0 Å². The minimum absolute atomic E-state index is 0.129. The van der Waals surface area contributed by atoms with Gasteiger partial charge in [0.15, 0.2) is 0 Å². The molecule has 102 valence electrons. The van der Waals surface area contributed by atoms with Crippen LogP contribution in [0.4, 0.5) is 10.5 Å². The van der Waals surface area contributed by atoms with E-state index in [2.05, 4.69) is 10.3 Å². The third-order valence-corrected chi connectivity index (χ3v) is 3.08. The number of carbonyl (C=O) groups is 3. The molecule has 0 saturated carbocycles. The van der Waals surface area contributed by atoms with E-state index in [4.69, 9.17) is 5.11 Å². The lowest BCUT2D eigenvalue weighted by molar-refractivity contribution is -0.120. The maximum absolute atomic E-state index is 11.8. The molecular formula is C12H10N4O4. The summed E-state index contributed by atoms with van der Waals surface area (Å²) in [6.07, 6.45) is 3.15. The number of carbonyl (C=O) groups excluding carboxylic acids is 2. The van der Waals surface area contributed by atoms with Crippen molar-refractivity contribution in [2.45, 2.75) is 6.42 Å². The van der Waals surface area contributed by atoms with Crippen LogP contribution in [0.25, 0.3) is 5.52 Å². The number of urea groups is 1. The molecule has 2 N–H and O–H groups in total. The molecule has 3 amide bonds. The number of hydrogen-bond donors (Lipinski definition) is 2. The maximum Gasteiger partial charge on any atom is 0.372 e. The average molecular weight is 274 g/mol. The molecule has 1 fully saturated rings. The molecule has 20 heavy (non-hydrogen) atoms. The van der Waals surface area contributed by atoms with E-state index in [0.717, 1.165) is 0 Å². The highest BCUT2D eigenvalue weighted by Gasteiger charge is 2.26. The number of rotatable bonds is 2. The van der Waals surface area contributed by atoms with Gasteiger partial charge in [0.05, 0.1) is 17.4 Å². The van der Waals surface area contributed by atoms with Crippen LogP contribution in [-0.4, -0.2) is 38.9 Å². The molecule has 8 nitrogen and oxygen atoms in total. The predicted molar refractivity (Wildman–Crippen MR) is 67.7 cm³/mol. The number of nitrogens with zero attached hydrogens (tertiary/aromatic N) is 3. The van der Waals surface area contributed by atoms with E-state index >= 15 is 0 Å². The largest absolute Gasteiger partial charge is 0.475 e. The van der Waals surface area contributed by atoms with Crippen molar-refractivity contribution in [1.82, 2.24) is 14.7 Å². The molecule has 0 aromatic carbocycles. The third kappa shape index (κ3) is 1.78. The molecule has 2 aromatic rings. The first-order valence-corrected chi connectivity index (χ1v) is 5.88. The quantitative estimate of drug-likeness (QED) is 0.828. The molecular weight excluding hydrogens is 264 g/mol. The second-order valence-corrected chi connectivity index (χ2v) is 4.29. The Morgan fingerprint density at radius 1 is 1.40 bits per heavy atom. The van der Waals surface area contributed by atoms with Crippen LogP contribution < -0.4 is 10.2 Å². The number of nitrogens with one attached hydrogen (secondary N) is 1. The number of carboxylic acids is 1. The smallest absolute Gasteiger partial charge is 0.372 e. The highest BCUT2D eigenvalue weighted by molar-refractivity contribution is 6.07. The molecule has 0 atom stereocenters. The highest BCUT2D eigenvalue weighted by atomic mass is 16.4. The summed E-state index contributed by atoms with van der Waals surface area (Å²) in [4.78, 5) is 39.3. The lowest BCUT2D eigenvalue weighted by Gasteiger charge is -2.26. The molecule has 0 radical (unpaired) electrons. The Kier molecular flexibility index (Phi) is 2.63. The summed E-state index contributed by atoms with van der Waals surface area (Å²) in [6.45, 7) is 0.248. The lowest BCUT2D eigenvalue weighted by Crippen LogP contribution is -2.49. The minimum Gasteiger partial charge on any atom is -0.475 e. The zero-order valence-electron chi connectivity index (χ0n) is 10.2. The summed E-state index contributed by atoms with van der Waals surface area (Å²) < 4.78 is 1.39. The number of aromatic carboxylic acids is 1. The van der Waals surface area contributed by atoms with Gasteiger partial charge >= 0.3 is 12.0 Å². The van der Waals surface area contributed by atoms with Crippen molar-refractivity contribution in [1.29, 1.82) is 0 Å². The van der Waals surface area contributed by atoms with E-state index in [9.17, 15) is 14.4 Å². The first kappa shape index (κ1) is 12.2. The van der Waals surface area contributed by atoms with Crippen molar-refractivity contribution in [3.8, 4) is 0 Å². The maximum atomic E-state index is 11.8. The average Bonchev–Trinajstić information content (AvgIpc) is 2.82. The van der Waals surface area contributed by atoms with E-state index in [1.165, 1.54) is 15.5 Å². The van der Waals surface area contributed by atoms with E-state index in [1.807, 2.05) is 0 Å². The molecule has 2 aromatic heterocycles. The van der Waals surface area contributed by atoms with E-state index < -0.39 is 12.0 Å². The Bertz CT molecular complexity index is 736. The third-order valence-electron chi connectivity index (χ3n) is 3.08. The van der Waals surface area contributed by atoms with Gasteiger partial charge in [0, 0.05) is 19.2 Å². The molecule has 3 rings (SSSR count). The van der Waals surface area contributed by atoms with Crippen molar-refractivity contribution < 1.29 is 19.5 Å². The summed E-state index contributed by atoms with van der Waals surface area (Å²) in [5.74, 6) is -1.60. The van der Waals surface area contributed by atoms with Crippen molar-refractivity contribution >= 4 is 29.1 Å². The summed E-state index contributed by atoms with van der Waals surface area (Å²) in [6, 6.07) is 2.78. The summed E-state index contributed by atoms with van der Waals surface area (Å²) in [5.41, 5.74) is 1.01. The Morgan fingerprint density at radius 2 is 2.20 bits per heavy atom. The van der Waals surface area contributed by atoms with Crippen molar-refractivity contribution in [3.05, 3.63) is 30.4 Å². The van der Waals surface area contributed by atoms with Gasteiger partial charge in [-0.1, -0.05) is 0 Å². The monoisotopic (exact) mass is 274 g/mol. The number of fused-ring (bicyclic) bond motifs is 1. The van der Waals surface area contributed by atoms with Crippen LogP contribution in [-0.2, 0) is 4.79 Å². The second-order valence-electron chi connectivity index (χ2n) is 4.29. The van der Waals surface area contributed by atoms with E-state index in [-0.39, 0.29) is 24.7 Å². The molecule has 0 spiro atoms. The molecule has 0 bridgehead atoms. The van der Waals surface area contributed by atoms with Crippen LogP contribution in [0, 0.1) is 0 Å². The summed E-state index contributed by atoms with van der Waals surface area (Å²) in [7, 11) is 0. The second kappa shape index (κ2) is 4.34. The zero-order chi connectivity index (χ0) is 14.3. The fraction of sp³-hybridized carbons (Fsp3) is 0.167. The highest BCUT2D eigenvalue weighted by Crippen LogP contribution is 2.24.